The van der Waals surface area contributed by atoms with E-state index >= 15 is 0 Å². The summed E-state index contributed by atoms with van der Waals surface area (Å²) in [6.45, 7) is 8.62. The molecule has 0 spiro atoms. The highest BCUT2D eigenvalue weighted by atomic mass is 16.1. The first-order valence-electron chi connectivity index (χ1n) is 6.74. The normalized spacial score (nSPS) is 10.5. The van der Waals surface area contributed by atoms with E-state index in [1.54, 1.807) is 6.08 Å². The van der Waals surface area contributed by atoms with Gasteiger partial charge in [0.2, 0.25) is 0 Å². The van der Waals surface area contributed by atoms with Crippen molar-refractivity contribution in [2.45, 2.75) is 13.8 Å². The summed E-state index contributed by atoms with van der Waals surface area (Å²) < 4.78 is 2.11. The highest BCUT2D eigenvalue weighted by Crippen LogP contribution is 2.20. The van der Waals surface area contributed by atoms with Gasteiger partial charge in [0.1, 0.15) is 0 Å². The molecule has 0 saturated heterocycles. The van der Waals surface area contributed by atoms with E-state index in [0.717, 1.165) is 22.6 Å². The first kappa shape index (κ1) is 14.3. The largest absolute Gasteiger partial charge is 0.318 e. The van der Waals surface area contributed by atoms with Crippen LogP contribution >= 0.6 is 0 Å². The van der Waals surface area contributed by atoms with Gasteiger partial charge in [0.25, 0.3) is 0 Å². The highest BCUT2D eigenvalue weighted by Gasteiger charge is 2.15. The van der Waals surface area contributed by atoms with Crippen LogP contribution in [0.4, 0.5) is 0 Å². The van der Waals surface area contributed by atoms with E-state index in [0.29, 0.717) is 13.1 Å². The summed E-state index contributed by atoms with van der Waals surface area (Å²) in [7, 11) is 0. The standard InChI is InChI=1S/C17H20N2O/c1-4-10-18-12-17(20)16-11-13(2)19(14(16)3)15-8-6-5-7-9-15/h4-9,11,18H,1,10,12H2,2-3H3. The predicted molar refractivity (Wildman–Crippen MR) is 82.6 cm³/mol. The molecule has 2 aromatic rings. The van der Waals surface area contributed by atoms with Crippen molar-refractivity contribution < 1.29 is 4.79 Å². The van der Waals surface area contributed by atoms with Crippen molar-refractivity contribution in [3.05, 3.63) is 66.0 Å². The second-order valence-corrected chi connectivity index (χ2v) is 4.80. The van der Waals surface area contributed by atoms with E-state index in [1.807, 2.05) is 50.2 Å². The quantitative estimate of drug-likeness (QED) is 0.496. The summed E-state index contributed by atoms with van der Waals surface area (Å²) in [5, 5.41) is 3.05. The van der Waals surface area contributed by atoms with E-state index in [1.165, 1.54) is 0 Å². The van der Waals surface area contributed by atoms with Crippen LogP contribution in [-0.4, -0.2) is 23.4 Å². The number of ketones is 1. The van der Waals surface area contributed by atoms with Gasteiger partial charge in [0, 0.05) is 29.2 Å². The highest BCUT2D eigenvalue weighted by molar-refractivity contribution is 5.99. The molecule has 0 aliphatic rings. The van der Waals surface area contributed by atoms with Crippen molar-refractivity contribution in [2.24, 2.45) is 0 Å². The molecule has 104 valence electrons. The van der Waals surface area contributed by atoms with Crippen LogP contribution < -0.4 is 5.32 Å². The van der Waals surface area contributed by atoms with Crippen molar-refractivity contribution in [3.63, 3.8) is 0 Å². The molecule has 0 radical (unpaired) electrons. The van der Waals surface area contributed by atoms with Gasteiger partial charge < -0.3 is 9.88 Å². The van der Waals surface area contributed by atoms with Gasteiger partial charge >= 0.3 is 0 Å². The topological polar surface area (TPSA) is 34.0 Å². The Morgan fingerprint density at radius 3 is 2.65 bits per heavy atom. The van der Waals surface area contributed by atoms with Crippen molar-refractivity contribution in [2.75, 3.05) is 13.1 Å². The lowest BCUT2D eigenvalue weighted by molar-refractivity contribution is 0.0992. The first-order chi connectivity index (χ1) is 9.65. The Hall–Kier alpha value is -2.13. The van der Waals surface area contributed by atoms with Crippen molar-refractivity contribution in [1.82, 2.24) is 9.88 Å². The molecule has 0 amide bonds. The minimum absolute atomic E-state index is 0.113. The number of nitrogens with one attached hydrogen (secondary N) is 1. The number of hydrogen-bond acceptors (Lipinski definition) is 2. The van der Waals surface area contributed by atoms with Gasteiger partial charge in [-0.05, 0) is 32.0 Å². The molecular formula is C17H20N2O. The Kier molecular flexibility index (Phi) is 4.53. The Morgan fingerprint density at radius 2 is 2.00 bits per heavy atom. The number of hydrogen-bond donors (Lipinski definition) is 1. The number of carbonyl (C=O) groups is 1. The van der Waals surface area contributed by atoms with Gasteiger partial charge in [-0.2, -0.15) is 0 Å². The maximum Gasteiger partial charge on any atom is 0.178 e. The van der Waals surface area contributed by atoms with Crippen LogP contribution in [-0.2, 0) is 0 Å². The van der Waals surface area contributed by atoms with E-state index in [2.05, 4.69) is 16.5 Å². The minimum atomic E-state index is 0.113. The molecule has 1 aromatic heterocycles. The zero-order chi connectivity index (χ0) is 14.5. The molecule has 3 nitrogen and oxygen atoms in total. The van der Waals surface area contributed by atoms with E-state index in [-0.39, 0.29) is 5.78 Å². The van der Waals surface area contributed by atoms with E-state index in [4.69, 9.17) is 0 Å². The zero-order valence-corrected chi connectivity index (χ0v) is 12.0. The third kappa shape index (κ3) is 2.89. The molecule has 1 heterocycles. The van der Waals surface area contributed by atoms with Crippen molar-refractivity contribution in [1.29, 1.82) is 0 Å². The summed E-state index contributed by atoms with van der Waals surface area (Å²) >= 11 is 0. The van der Waals surface area contributed by atoms with Crippen LogP contribution in [0.3, 0.4) is 0 Å². The fourth-order valence-electron chi connectivity index (χ4n) is 2.40. The molecule has 20 heavy (non-hydrogen) atoms. The van der Waals surface area contributed by atoms with Crippen LogP contribution in [0.5, 0.6) is 0 Å². The first-order valence-corrected chi connectivity index (χ1v) is 6.74. The lowest BCUT2D eigenvalue weighted by Crippen LogP contribution is -2.23. The number of Topliss-reactive ketones (excluding diaryl/α,β-unsaturated/α-hetero) is 1. The number of nitrogens with zero attached hydrogens (tertiary/aromatic N) is 1. The summed E-state index contributed by atoms with van der Waals surface area (Å²) in [6, 6.07) is 12.0. The Labute approximate surface area is 119 Å². The Bertz CT molecular complexity index is 611. The summed E-state index contributed by atoms with van der Waals surface area (Å²) in [6.07, 6.45) is 1.75. The van der Waals surface area contributed by atoms with Crippen LogP contribution in [0.25, 0.3) is 5.69 Å². The van der Waals surface area contributed by atoms with Gasteiger partial charge in [-0.3, -0.25) is 4.79 Å². The van der Waals surface area contributed by atoms with Gasteiger partial charge in [-0.1, -0.05) is 24.3 Å². The number of rotatable bonds is 6. The van der Waals surface area contributed by atoms with Gasteiger partial charge in [0.15, 0.2) is 5.78 Å². The van der Waals surface area contributed by atoms with Crippen LogP contribution in [0.2, 0.25) is 0 Å². The summed E-state index contributed by atoms with van der Waals surface area (Å²) in [5.41, 5.74) is 3.92. The van der Waals surface area contributed by atoms with Gasteiger partial charge in [-0.25, -0.2) is 0 Å². The average Bonchev–Trinajstić information content (AvgIpc) is 2.75. The SMILES string of the molecule is C=CCNCC(=O)c1cc(C)n(-c2ccccc2)c1C. The fourth-order valence-corrected chi connectivity index (χ4v) is 2.40. The lowest BCUT2D eigenvalue weighted by atomic mass is 10.1. The van der Waals surface area contributed by atoms with E-state index < -0.39 is 0 Å². The summed E-state index contributed by atoms with van der Waals surface area (Å²) in [5.74, 6) is 0.113. The fraction of sp³-hybridized carbons (Fsp3) is 0.235. The monoisotopic (exact) mass is 268 g/mol. The third-order valence-electron chi connectivity index (χ3n) is 3.32. The molecule has 1 aromatic carbocycles. The number of benzene rings is 1. The Balaban J connectivity index is 2.30. The summed E-state index contributed by atoms with van der Waals surface area (Å²) in [4.78, 5) is 12.2. The lowest BCUT2D eigenvalue weighted by Gasteiger charge is -2.09. The minimum Gasteiger partial charge on any atom is -0.318 e. The second-order valence-electron chi connectivity index (χ2n) is 4.80. The van der Waals surface area contributed by atoms with Gasteiger partial charge in [-0.15, -0.1) is 6.58 Å². The molecule has 0 bridgehead atoms. The van der Waals surface area contributed by atoms with Gasteiger partial charge in [0.05, 0.1) is 6.54 Å². The average molecular weight is 268 g/mol. The number of aryl methyl sites for hydroxylation is 1. The third-order valence-corrected chi connectivity index (χ3v) is 3.32. The smallest absolute Gasteiger partial charge is 0.178 e. The maximum atomic E-state index is 12.2. The van der Waals surface area contributed by atoms with Crippen LogP contribution in [0, 0.1) is 13.8 Å². The molecular weight excluding hydrogens is 248 g/mol. The molecule has 1 N–H and O–H groups in total. The van der Waals surface area contributed by atoms with Crippen molar-refractivity contribution >= 4 is 5.78 Å². The molecule has 3 heteroatoms. The molecule has 0 fully saturated rings. The van der Waals surface area contributed by atoms with Crippen molar-refractivity contribution in [3.8, 4) is 5.69 Å². The molecule has 0 aliphatic carbocycles. The molecule has 0 saturated carbocycles. The number of carbonyl (C=O) groups excluding carboxylic acids is 1. The zero-order valence-electron chi connectivity index (χ0n) is 12.0. The van der Waals surface area contributed by atoms with Crippen LogP contribution in [0.15, 0.2) is 49.1 Å². The Morgan fingerprint density at radius 1 is 1.30 bits per heavy atom. The molecule has 2 rings (SSSR count). The van der Waals surface area contributed by atoms with E-state index in [9.17, 15) is 4.79 Å². The molecule has 0 atom stereocenters. The maximum absolute atomic E-state index is 12.2. The molecule has 0 aliphatic heterocycles. The second kappa shape index (κ2) is 6.35. The number of para-hydroxylation sites is 1. The number of aromatic nitrogens is 1. The predicted octanol–water partition coefficient (Wildman–Crippen LogP) is 3.05. The van der Waals surface area contributed by atoms with Crippen LogP contribution in [0.1, 0.15) is 21.7 Å². The molecule has 0 unspecified atom stereocenters.